The number of hydrogen-bond donors (Lipinski definition) is 0. The molecule has 0 saturated carbocycles. The van der Waals surface area contributed by atoms with Crippen LogP contribution in [0.5, 0.6) is 5.75 Å². The molecule has 8 nitrogen and oxygen atoms in total. The van der Waals surface area contributed by atoms with Crippen molar-refractivity contribution in [3.8, 4) is 17.1 Å². The van der Waals surface area contributed by atoms with E-state index < -0.39 is 0 Å². The highest BCUT2D eigenvalue weighted by Gasteiger charge is 2.31. The van der Waals surface area contributed by atoms with E-state index in [2.05, 4.69) is 26.2 Å². The van der Waals surface area contributed by atoms with Crippen molar-refractivity contribution < 1.29 is 14.0 Å². The summed E-state index contributed by atoms with van der Waals surface area (Å²) in [6.07, 6.45) is 5.62. The van der Waals surface area contributed by atoms with Gasteiger partial charge in [-0.1, -0.05) is 10.4 Å². The molecule has 1 aliphatic carbocycles. The van der Waals surface area contributed by atoms with Crippen LogP contribution in [0, 0.1) is 0 Å². The zero-order valence-electron chi connectivity index (χ0n) is 16.2. The second-order valence-corrected chi connectivity index (χ2v) is 8.09. The molecule has 1 fully saturated rings. The van der Waals surface area contributed by atoms with Gasteiger partial charge in [0.1, 0.15) is 5.75 Å². The Hall–Kier alpha value is -2.74. The lowest BCUT2D eigenvalue weighted by atomic mass is 9.89. The molecular weight excluding hydrogens is 370 g/mol. The molecule has 29 heavy (non-hydrogen) atoms. The molecular formula is C21H23N5O3. The molecule has 0 radical (unpaired) electrons. The van der Waals surface area contributed by atoms with Crippen LogP contribution >= 0.6 is 0 Å². The number of aryl methyl sites for hydroxylation is 1. The first-order valence-corrected chi connectivity index (χ1v) is 10.5. The second kappa shape index (κ2) is 6.95. The molecule has 2 aliphatic heterocycles. The Bertz CT molecular complexity index is 1040. The van der Waals surface area contributed by atoms with Crippen LogP contribution < -0.4 is 4.74 Å². The summed E-state index contributed by atoms with van der Waals surface area (Å²) in [5.74, 6) is 2.53. The molecule has 4 heterocycles. The first-order valence-electron chi connectivity index (χ1n) is 10.5. The second-order valence-electron chi connectivity index (χ2n) is 8.09. The maximum atomic E-state index is 5.69. The number of benzene rings is 1. The Morgan fingerprint density at radius 1 is 1.03 bits per heavy atom. The number of rotatable bonds is 3. The molecule has 6 rings (SSSR count). The predicted octanol–water partition coefficient (Wildman–Crippen LogP) is 2.89. The van der Waals surface area contributed by atoms with Gasteiger partial charge in [-0.3, -0.25) is 0 Å². The quantitative estimate of drug-likeness (QED) is 0.676. The molecule has 150 valence electrons. The van der Waals surface area contributed by atoms with E-state index in [4.69, 9.17) is 19.0 Å². The highest BCUT2D eigenvalue weighted by Crippen LogP contribution is 2.35. The SMILES string of the molecule is c1cc2c(cc1-c1noc(C3CCc4nnn(C5CCOCC5)c4C3)n1)CCO2. The lowest BCUT2D eigenvalue weighted by Gasteiger charge is -2.26. The number of nitrogens with zero attached hydrogens (tertiary/aromatic N) is 5. The number of fused-ring (bicyclic) bond motifs is 2. The molecule has 8 heteroatoms. The Labute approximate surface area is 168 Å². The van der Waals surface area contributed by atoms with E-state index in [0.717, 1.165) is 75.4 Å². The monoisotopic (exact) mass is 393 g/mol. The molecule has 1 unspecified atom stereocenters. The van der Waals surface area contributed by atoms with E-state index in [1.54, 1.807) is 0 Å². The minimum absolute atomic E-state index is 0.207. The Morgan fingerprint density at radius 2 is 1.97 bits per heavy atom. The van der Waals surface area contributed by atoms with Gasteiger partial charge in [-0.2, -0.15) is 4.98 Å². The fourth-order valence-electron chi connectivity index (χ4n) is 4.68. The molecule has 2 aromatic heterocycles. The van der Waals surface area contributed by atoms with Crippen LogP contribution in [-0.4, -0.2) is 45.0 Å². The van der Waals surface area contributed by atoms with Crippen molar-refractivity contribution in [3.05, 3.63) is 41.0 Å². The fraction of sp³-hybridized carbons (Fsp3) is 0.524. The first-order chi connectivity index (χ1) is 14.3. The van der Waals surface area contributed by atoms with Gasteiger partial charge in [0.05, 0.1) is 24.0 Å². The topological polar surface area (TPSA) is 88.1 Å². The maximum absolute atomic E-state index is 5.69. The van der Waals surface area contributed by atoms with E-state index in [1.165, 1.54) is 11.3 Å². The van der Waals surface area contributed by atoms with Gasteiger partial charge in [0, 0.05) is 37.5 Å². The van der Waals surface area contributed by atoms with Crippen LogP contribution in [0.1, 0.15) is 54.1 Å². The van der Waals surface area contributed by atoms with Gasteiger partial charge in [0.15, 0.2) is 0 Å². The Balaban J connectivity index is 1.25. The van der Waals surface area contributed by atoms with Crippen LogP contribution in [0.4, 0.5) is 0 Å². The summed E-state index contributed by atoms with van der Waals surface area (Å²) in [6.45, 7) is 2.33. The minimum Gasteiger partial charge on any atom is -0.493 e. The van der Waals surface area contributed by atoms with Gasteiger partial charge in [-0.05, 0) is 49.4 Å². The molecule has 0 bridgehead atoms. The average Bonchev–Trinajstić information content (AvgIpc) is 3.52. The molecule has 1 aromatic carbocycles. The summed E-state index contributed by atoms with van der Waals surface area (Å²) in [5.41, 5.74) is 4.53. The highest BCUT2D eigenvalue weighted by atomic mass is 16.5. The van der Waals surface area contributed by atoms with E-state index in [0.29, 0.717) is 17.8 Å². The van der Waals surface area contributed by atoms with Crippen molar-refractivity contribution in [2.75, 3.05) is 19.8 Å². The van der Waals surface area contributed by atoms with Crippen LogP contribution in [-0.2, 0) is 24.0 Å². The summed E-state index contributed by atoms with van der Waals surface area (Å²) >= 11 is 0. The third kappa shape index (κ3) is 3.02. The third-order valence-corrected chi connectivity index (χ3v) is 6.32. The van der Waals surface area contributed by atoms with Crippen molar-refractivity contribution in [1.82, 2.24) is 25.1 Å². The fourth-order valence-corrected chi connectivity index (χ4v) is 4.68. The normalized spacial score (nSPS) is 21.6. The van der Waals surface area contributed by atoms with Crippen molar-refractivity contribution in [3.63, 3.8) is 0 Å². The van der Waals surface area contributed by atoms with Gasteiger partial charge in [0.2, 0.25) is 11.7 Å². The Morgan fingerprint density at radius 3 is 2.90 bits per heavy atom. The number of ether oxygens (including phenoxy) is 2. The van der Waals surface area contributed by atoms with Crippen LogP contribution in [0.3, 0.4) is 0 Å². The van der Waals surface area contributed by atoms with E-state index in [-0.39, 0.29) is 5.92 Å². The minimum atomic E-state index is 0.207. The average molecular weight is 393 g/mol. The van der Waals surface area contributed by atoms with Crippen LogP contribution in [0.15, 0.2) is 22.7 Å². The van der Waals surface area contributed by atoms with E-state index in [9.17, 15) is 0 Å². The highest BCUT2D eigenvalue weighted by molar-refractivity contribution is 5.59. The molecule has 0 amide bonds. The first kappa shape index (κ1) is 17.1. The van der Waals surface area contributed by atoms with Crippen LogP contribution in [0.25, 0.3) is 11.4 Å². The van der Waals surface area contributed by atoms with Crippen molar-refractivity contribution >= 4 is 0 Å². The molecule has 0 spiro atoms. The molecule has 1 saturated heterocycles. The zero-order valence-corrected chi connectivity index (χ0v) is 16.2. The van der Waals surface area contributed by atoms with Gasteiger partial charge < -0.3 is 14.0 Å². The summed E-state index contributed by atoms with van der Waals surface area (Å²) in [6, 6.07) is 6.49. The smallest absolute Gasteiger partial charge is 0.230 e. The summed E-state index contributed by atoms with van der Waals surface area (Å²) in [5, 5.41) is 13.2. The molecule has 1 atom stereocenters. The Kier molecular flexibility index (Phi) is 4.11. The van der Waals surface area contributed by atoms with Gasteiger partial charge >= 0.3 is 0 Å². The summed E-state index contributed by atoms with van der Waals surface area (Å²) < 4.78 is 18.9. The van der Waals surface area contributed by atoms with Gasteiger partial charge in [0.25, 0.3) is 0 Å². The number of aromatic nitrogens is 5. The molecule has 3 aliphatic rings. The summed E-state index contributed by atoms with van der Waals surface area (Å²) in [7, 11) is 0. The largest absolute Gasteiger partial charge is 0.493 e. The maximum Gasteiger partial charge on any atom is 0.230 e. The number of hydrogen-bond acceptors (Lipinski definition) is 7. The molecule has 3 aromatic rings. The lowest BCUT2D eigenvalue weighted by Crippen LogP contribution is -2.24. The zero-order chi connectivity index (χ0) is 19.2. The summed E-state index contributed by atoms with van der Waals surface area (Å²) in [4.78, 5) is 4.74. The van der Waals surface area contributed by atoms with Crippen molar-refractivity contribution in [2.24, 2.45) is 0 Å². The predicted molar refractivity (Wildman–Crippen MR) is 103 cm³/mol. The van der Waals surface area contributed by atoms with Gasteiger partial charge in [-0.25, -0.2) is 4.68 Å². The lowest BCUT2D eigenvalue weighted by molar-refractivity contribution is 0.0647. The molecule has 0 N–H and O–H groups in total. The van der Waals surface area contributed by atoms with Crippen LogP contribution in [0.2, 0.25) is 0 Å². The third-order valence-electron chi connectivity index (χ3n) is 6.32. The van der Waals surface area contributed by atoms with Gasteiger partial charge in [-0.15, -0.1) is 5.10 Å². The van der Waals surface area contributed by atoms with Crippen molar-refractivity contribution in [1.29, 1.82) is 0 Å². The van der Waals surface area contributed by atoms with E-state index >= 15 is 0 Å². The van der Waals surface area contributed by atoms with E-state index in [1.807, 2.05) is 12.1 Å². The standard InChI is InChI=1S/C21H23N5O3/c1-3-17-18(26(25-23-17)16-6-8-27-9-7-16)12-15(1)21-22-20(24-29-21)14-2-4-19-13(11-14)5-10-28-19/h2,4,11,15-16H,1,3,5-10,12H2. The van der Waals surface area contributed by atoms with Crippen molar-refractivity contribution in [2.45, 2.75) is 50.5 Å².